The lowest BCUT2D eigenvalue weighted by atomic mass is 9.89. The maximum Gasteiger partial charge on any atom is 0.256 e. The van der Waals surface area contributed by atoms with E-state index in [1.807, 2.05) is 24.3 Å². The molecule has 0 bridgehead atoms. The standard InChI is InChI=1S/C25H23N3O3/c1-25(9-10-25)20-13-18(16-4-3-11-27-23(16)29)21-19(22(20)31-2)12-17(24(30)28-21)14-5-7-15(26)8-6-14/h3-8,11-13H,9-10,26H2,1-2H3,(H,27,29)(H,28,30). The first-order valence-corrected chi connectivity index (χ1v) is 10.2. The number of rotatable bonds is 4. The average molecular weight is 413 g/mol. The number of H-pyrrole nitrogens is 2. The SMILES string of the molecule is COc1c(C2(C)CC2)cc(-c2ccc[nH]c2=O)c2[nH]c(=O)c(-c3ccc(N)cc3)cc12. The Morgan fingerprint density at radius 1 is 0.968 bits per heavy atom. The Morgan fingerprint density at radius 3 is 2.35 bits per heavy atom. The first-order chi connectivity index (χ1) is 14.9. The predicted molar refractivity (Wildman–Crippen MR) is 124 cm³/mol. The Labute approximate surface area is 178 Å². The number of nitrogen functional groups attached to an aromatic ring is 1. The van der Waals surface area contributed by atoms with Crippen molar-refractivity contribution in [1.82, 2.24) is 9.97 Å². The van der Waals surface area contributed by atoms with Gasteiger partial charge in [-0.1, -0.05) is 19.1 Å². The molecule has 0 amide bonds. The zero-order valence-corrected chi connectivity index (χ0v) is 17.4. The fourth-order valence-corrected chi connectivity index (χ4v) is 4.20. The van der Waals surface area contributed by atoms with Gasteiger partial charge < -0.3 is 20.4 Å². The van der Waals surface area contributed by atoms with Gasteiger partial charge >= 0.3 is 0 Å². The van der Waals surface area contributed by atoms with Crippen molar-refractivity contribution in [3.63, 3.8) is 0 Å². The zero-order valence-electron chi connectivity index (χ0n) is 17.4. The molecule has 1 saturated carbocycles. The van der Waals surface area contributed by atoms with E-state index in [1.165, 1.54) is 0 Å². The van der Waals surface area contributed by atoms with Crippen LogP contribution in [0.4, 0.5) is 5.69 Å². The van der Waals surface area contributed by atoms with Crippen molar-refractivity contribution in [3.8, 4) is 28.0 Å². The summed E-state index contributed by atoms with van der Waals surface area (Å²) >= 11 is 0. The Bertz CT molecular complexity index is 1430. The second-order valence-corrected chi connectivity index (χ2v) is 8.40. The van der Waals surface area contributed by atoms with Crippen molar-refractivity contribution in [2.24, 2.45) is 0 Å². The summed E-state index contributed by atoms with van der Waals surface area (Å²) in [6.07, 6.45) is 3.70. The van der Waals surface area contributed by atoms with E-state index >= 15 is 0 Å². The summed E-state index contributed by atoms with van der Waals surface area (Å²) in [5.74, 6) is 0.735. The molecule has 0 aliphatic heterocycles. The number of hydrogen-bond donors (Lipinski definition) is 3. The third-order valence-corrected chi connectivity index (χ3v) is 6.27. The fraction of sp³-hybridized carbons (Fsp3) is 0.200. The molecule has 0 spiro atoms. The van der Waals surface area contributed by atoms with Crippen LogP contribution < -0.4 is 21.6 Å². The molecular formula is C25H23N3O3. The smallest absolute Gasteiger partial charge is 0.256 e. The molecular weight excluding hydrogens is 390 g/mol. The number of benzene rings is 2. The third kappa shape index (κ3) is 3.11. The first kappa shape index (κ1) is 19.2. The van der Waals surface area contributed by atoms with Gasteiger partial charge in [0.1, 0.15) is 5.75 Å². The van der Waals surface area contributed by atoms with E-state index in [4.69, 9.17) is 10.5 Å². The van der Waals surface area contributed by atoms with Crippen molar-refractivity contribution in [3.05, 3.63) is 81.0 Å². The highest BCUT2D eigenvalue weighted by Gasteiger charge is 2.42. The number of ether oxygens (including phenoxy) is 1. The summed E-state index contributed by atoms with van der Waals surface area (Å²) in [5, 5.41) is 0.776. The molecule has 0 unspecified atom stereocenters. The molecule has 0 radical (unpaired) electrons. The number of nitrogens with two attached hydrogens (primary N) is 1. The van der Waals surface area contributed by atoms with Crippen LogP contribution in [0, 0.1) is 0 Å². The van der Waals surface area contributed by atoms with Crippen LogP contribution in [0.15, 0.2) is 64.3 Å². The molecule has 6 heteroatoms. The molecule has 4 aromatic rings. The lowest BCUT2D eigenvalue weighted by molar-refractivity contribution is 0.410. The van der Waals surface area contributed by atoms with Gasteiger partial charge in [0.25, 0.3) is 11.1 Å². The van der Waals surface area contributed by atoms with Gasteiger partial charge in [0.05, 0.1) is 12.6 Å². The summed E-state index contributed by atoms with van der Waals surface area (Å²) in [4.78, 5) is 31.4. The number of aromatic nitrogens is 2. The Kier molecular flexibility index (Phi) is 4.25. The first-order valence-electron chi connectivity index (χ1n) is 10.2. The van der Waals surface area contributed by atoms with Crippen LogP contribution in [0.3, 0.4) is 0 Å². The van der Waals surface area contributed by atoms with Gasteiger partial charge in [-0.15, -0.1) is 0 Å². The lowest BCUT2D eigenvalue weighted by Gasteiger charge is -2.20. The summed E-state index contributed by atoms with van der Waals surface area (Å²) < 4.78 is 5.87. The highest BCUT2D eigenvalue weighted by atomic mass is 16.5. The molecule has 1 fully saturated rings. The minimum absolute atomic E-state index is 0.00662. The van der Waals surface area contributed by atoms with Gasteiger partial charge in [0.2, 0.25) is 0 Å². The molecule has 2 aromatic carbocycles. The zero-order chi connectivity index (χ0) is 21.8. The second-order valence-electron chi connectivity index (χ2n) is 8.40. The number of nitrogens with one attached hydrogen (secondary N) is 2. The topological polar surface area (TPSA) is 101 Å². The maximum atomic E-state index is 13.1. The summed E-state index contributed by atoms with van der Waals surface area (Å²) in [6, 6.07) is 14.6. The molecule has 31 heavy (non-hydrogen) atoms. The van der Waals surface area contributed by atoms with E-state index in [0.717, 1.165) is 35.1 Å². The number of aromatic amines is 2. The molecule has 0 atom stereocenters. The van der Waals surface area contributed by atoms with Crippen LogP contribution in [-0.4, -0.2) is 17.1 Å². The number of methoxy groups -OCH3 is 1. The van der Waals surface area contributed by atoms with E-state index < -0.39 is 0 Å². The molecule has 156 valence electrons. The normalized spacial score (nSPS) is 14.5. The Balaban J connectivity index is 1.89. The summed E-state index contributed by atoms with van der Waals surface area (Å²) in [7, 11) is 1.65. The average Bonchev–Trinajstić information content (AvgIpc) is 3.52. The quantitative estimate of drug-likeness (QED) is 0.437. The van der Waals surface area contributed by atoms with Gasteiger partial charge in [-0.2, -0.15) is 0 Å². The monoisotopic (exact) mass is 413 g/mol. The molecule has 4 N–H and O–H groups in total. The van der Waals surface area contributed by atoms with Gasteiger partial charge in [0, 0.05) is 39.5 Å². The fourth-order valence-electron chi connectivity index (χ4n) is 4.20. The predicted octanol–water partition coefficient (Wildman–Crippen LogP) is 4.19. The van der Waals surface area contributed by atoms with E-state index in [9.17, 15) is 9.59 Å². The number of anilines is 1. The van der Waals surface area contributed by atoms with E-state index in [2.05, 4.69) is 16.9 Å². The van der Waals surface area contributed by atoms with Crippen LogP contribution in [0.2, 0.25) is 0 Å². The highest BCUT2D eigenvalue weighted by molar-refractivity contribution is 6.00. The highest BCUT2D eigenvalue weighted by Crippen LogP contribution is 2.53. The van der Waals surface area contributed by atoms with E-state index in [1.54, 1.807) is 37.6 Å². The third-order valence-electron chi connectivity index (χ3n) is 6.27. The number of pyridine rings is 2. The van der Waals surface area contributed by atoms with Crippen molar-refractivity contribution in [2.45, 2.75) is 25.2 Å². The Morgan fingerprint density at radius 2 is 1.71 bits per heavy atom. The molecule has 2 aromatic heterocycles. The van der Waals surface area contributed by atoms with Crippen molar-refractivity contribution < 1.29 is 4.74 Å². The molecule has 1 aliphatic rings. The summed E-state index contributed by atoms with van der Waals surface area (Å²) in [5.41, 5.74) is 10.1. The van der Waals surface area contributed by atoms with Gasteiger partial charge in [-0.05, 0) is 60.2 Å². The second kappa shape index (κ2) is 6.87. The van der Waals surface area contributed by atoms with Crippen LogP contribution in [-0.2, 0) is 5.41 Å². The molecule has 1 aliphatic carbocycles. The minimum Gasteiger partial charge on any atom is -0.496 e. The van der Waals surface area contributed by atoms with Gasteiger partial charge in [0.15, 0.2) is 0 Å². The van der Waals surface area contributed by atoms with Crippen molar-refractivity contribution in [1.29, 1.82) is 0 Å². The van der Waals surface area contributed by atoms with Crippen LogP contribution in [0.25, 0.3) is 33.2 Å². The lowest BCUT2D eigenvalue weighted by Crippen LogP contribution is -2.14. The van der Waals surface area contributed by atoms with Crippen molar-refractivity contribution in [2.75, 3.05) is 12.8 Å². The molecule has 6 nitrogen and oxygen atoms in total. The van der Waals surface area contributed by atoms with E-state index in [-0.39, 0.29) is 16.5 Å². The maximum absolute atomic E-state index is 13.1. The molecule has 2 heterocycles. The van der Waals surface area contributed by atoms with E-state index in [0.29, 0.717) is 27.9 Å². The number of fused-ring (bicyclic) bond motifs is 1. The minimum atomic E-state index is -0.238. The van der Waals surface area contributed by atoms with Crippen LogP contribution in [0.5, 0.6) is 5.75 Å². The summed E-state index contributed by atoms with van der Waals surface area (Å²) in [6.45, 7) is 2.20. The van der Waals surface area contributed by atoms with Crippen LogP contribution in [0.1, 0.15) is 25.3 Å². The van der Waals surface area contributed by atoms with Gasteiger partial charge in [-0.25, -0.2) is 0 Å². The molecule has 5 rings (SSSR count). The molecule has 0 saturated heterocycles. The number of hydrogen-bond acceptors (Lipinski definition) is 4. The Hall–Kier alpha value is -3.80. The van der Waals surface area contributed by atoms with Gasteiger partial charge in [-0.3, -0.25) is 9.59 Å². The van der Waals surface area contributed by atoms with Crippen molar-refractivity contribution >= 4 is 16.6 Å². The largest absolute Gasteiger partial charge is 0.496 e. The van der Waals surface area contributed by atoms with Crippen LogP contribution >= 0.6 is 0 Å².